The average molecular weight is 984 g/mol. The summed E-state index contributed by atoms with van der Waals surface area (Å²) in [5.41, 5.74) is 23.8. The van der Waals surface area contributed by atoms with Gasteiger partial charge in [0, 0.05) is 65.7 Å². The number of rotatable bonds is 5. The van der Waals surface area contributed by atoms with Gasteiger partial charge in [-0.1, -0.05) is 155 Å². The van der Waals surface area contributed by atoms with Crippen molar-refractivity contribution >= 4 is 106 Å². The van der Waals surface area contributed by atoms with Gasteiger partial charge in [-0.15, -0.1) is 11.3 Å². The zero-order chi connectivity index (χ0) is 51.4. The van der Waals surface area contributed by atoms with Crippen molar-refractivity contribution in [2.24, 2.45) is 0 Å². The third-order valence-corrected chi connectivity index (χ3v) is 19.3. The lowest BCUT2D eigenvalue weighted by molar-refractivity contribution is 0.332. The van der Waals surface area contributed by atoms with Gasteiger partial charge in [0.1, 0.15) is 0 Å². The molecule has 370 valence electrons. The summed E-state index contributed by atoms with van der Waals surface area (Å²) < 4.78 is 2.70. The molecule has 0 bridgehead atoms. The molecule has 0 atom stereocenters. The van der Waals surface area contributed by atoms with Gasteiger partial charge in [-0.2, -0.15) is 0 Å². The van der Waals surface area contributed by atoms with Crippen molar-refractivity contribution < 1.29 is 0 Å². The monoisotopic (exact) mass is 984 g/mol. The number of nitrogens with zero attached hydrogens (tertiary/aromatic N) is 3. The summed E-state index contributed by atoms with van der Waals surface area (Å²) in [7, 11) is 0. The summed E-state index contributed by atoms with van der Waals surface area (Å²) in [5, 5.41) is 2.67. The van der Waals surface area contributed by atoms with E-state index in [2.05, 4.69) is 256 Å². The molecule has 1 aromatic heterocycles. The number of hydrogen-bond acceptors (Lipinski definition) is 4. The van der Waals surface area contributed by atoms with Crippen molar-refractivity contribution in [1.82, 2.24) is 0 Å². The highest BCUT2D eigenvalue weighted by Gasteiger charge is 2.48. The zero-order valence-corrected chi connectivity index (χ0v) is 46.5. The third-order valence-electron chi connectivity index (χ3n) is 18.1. The van der Waals surface area contributed by atoms with E-state index >= 15 is 0 Å². The molecular formula is C69H70BN3S. The first-order valence-corrected chi connectivity index (χ1v) is 28.1. The average Bonchev–Trinajstić information content (AvgIpc) is 3.79. The van der Waals surface area contributed by atoms with Gasteiger partial charge < -0.3 is 14.7 Å². The SMILES string of the molecule is Cc1cc2c3c(c1)N(c1ccc4c(sc5ccccc54)c1C(C)(C)C)c1cc(N(c4ccccc4)c4ccccc4)ccc1B3c1cc3c(cc1N2c1ccc2c(c1)C(C)(C)CCC2(C)C)C(C)(C)CCC3(C)C. The molecule has 4 aliphatic rings. The summed E-state index contributed by atoms with van der Waals surface area (Å²) in [5.74, 6) is 0. The number of hydrogen-bond donors (Lipinski definition) is 0. The van der Waals surface area contributed by atoms with E-state index in [9.17, 15) is 0 Å². The molecule has 0 spiro atoms. The molecule has 5 heteroatoms. The molecule has 0 fully saturated rings. The first-order chi connectivity index (χ1) is 35.2. The predicted octanol–water partition coefficient (Wildman–Crippen LogP) is 17.9. The molecule has 2 aliphatic carbocycles. The van der Waals surface area contributed by atoms with Gasteiger partial charge in [0.15, 0.2) is 0 Å². The van der Waals surface area contributed by atoms with E-state index in [0.29, 0.717) is 0 Å². The lowest BCUT2D eigenvalue weighted by atomic mass is 9.33. The standard InChI is InChI=1S/C69H70BN3S/c1-43-37-59-63-60(38-43)73(56-32-29-49-48-25-19-20-26-61(48)74-64(49)62(56)65(2,3)4)57-40-47(71(44-21-15-13-16-22-44)45-23-17-14-18-24-45)28-31-54(57)70(63)55-41-52-53(69(11,12)36-35-68(52,9)10)42-58(55)72(59)46-27-30-50-51(39-46)67(7,8)34-33-66(50,5)6/h13-32,37-42H,33-36H2,1-12H3. The smallest absolute Gasteiger partial charge is 0.252 e. The highest BCUT2D eigenvalue weighted by atomic mass is 32.1. The highest BCUT2D eigenvalue weighted by molar-refractivity contribution is 7.26. The number of aryl methyl sites for hydroxylation is 1. The van der Waals surface area contributed by atoms with Crippen LogP contribution < -0.4 is 31.1 Å². The van der Waals surface area contributed by atoms with Crippen LogP contribution in [0.4, 0.5) is 51.2 Å². The van der Waals surface area contributed by atoms with E-state index in [1.165, 1.54) is 117 Å². The maximum atomic E-state index is 2.71. The second-order valence-electron chi connectivity index (χ2n) is 26.0. The molecule has 0 saturated heterocycles. The van der Waals surface area contributed by atoms with E-state index < -0.39 is 0 Å². The van der Waals surface area contributed by atoms with Crippen molar-refractivity contribution in [3.63, 3.8) is 0 Å². The Morgan fingerprint density at radius 2 is 1.01 bits per heavy atom. The van der Waals surface area contributed by atoms with Crippen LogP contribution in [-0.2, 0) is 27.1 Å². The Kier molecular flexibility index (Phi) is 10.3. The lowest BCUT2D eigenvalue weighted by Crippen LogP contribution is -2.62. The largest absolute Gasteiger partial charge is 0.311 e. The molecular weight excluding hydrogens is 914 g/mol. The Labute approximate surface area is 445 Å². The van der Waals surface area contributed by atoms with Crippen LogP contribution in [0.2, 0.25) is 0 Å². The van der Waals surface area contributed by atoms with E-state index in [1.807, 2.05) is 11.3 Å². The third kappa shape index (κ3) is 7.12. The van der Waals surface area contributed by atoms with E-state index in [4.69, 9.17) is 0 Å². The Morgan fingerprint density at radius 1 is 0.459 bits per heavy atom. The number of benzene rings is 8. The minimum absolute atomic E-state index is 0.0145. The Hall–Kier alpha value is -6.56. The van der Waals surface area contributed by atoms with Gasteiger partial charge in [-0.05, 0) is 188 Å². The molecule has 3 nitrogen and oxygen atoms in total. The maximum absolute atomic E-state index is 2.71. The van der Waals surface area contributed by atoms with Crippen LogP contribution in [0.3, 0.4) is 0 Å². The minimum Gasteiger partial charge on any atom is -0.311 e. The summed E-state index contributed by atoms with van der Waals surface area (Å²) in [6, 6.07) is 61.1. The van der Waals surface area contributed by atoms with Crippen LogP contribution in [0.15, 0.2) is 158 Å². The molecule has 74 heavy (non-hydrogen) atoms. The van der Waals surface area contributed by atoms with E-state index in [-0.39, 0.29) is 33.8 Å². The first-order valence-electron chi connectivity index (χ1n) is 27.3. The summed E-state index contributed by atoms with van der Waals surface area (Å²) in [4.78, 5) is 7.84. The molecule has 13 rings (SSSR count). The summed E-state index contributed by atoms with van der Waals surface area (Å²) >= 11 is 1.95. The van der Waals surface area contributed by atoms with Gasteiger partial charge >= 0.3 is 0 Å². The molecule has 0 saturated carbocycles. The molecule has 0 radical (unpaired) electrons. The minimum atomic E-state index is -0.186. The van der Waals surface area contributed by atoms with Crippen LogP contribution in [0.1, 0.15) is 135 Å². The highest BCUT2D eigenvalue weighted by Crippen LogP contribution is 2.55. The van der Waals surface area contributed by atoms with E-state index in [0.717, 1.165) is 29.9 Å². The van der Waals surface area contributed by atoms with Crippen LogP contribution in [-0.4, -0.2) is 6.71 Å². The number of anilines is 9. The van der Waals surface area contributed by atoms with Crippen molar-refractivity contribution in [1.29, 1.82) is 0 Å². The summed E-state index contributed by atoms with van der Waals surface area (Å²) in [6.45, 7) is 29.4. The molecule has 8 aromatic carbocycles. The topological polar surface area (TPSA) is 9.72 Å². The predicted molar refractivity (Wildman–Crippen MR) is 322 cm³/mol. The molecule has 2 aliphatic heterocycles. The fourth-order valence-corrected chi connectivity index (χ4v) is 15.3. The second-order valence-corrected chi connectivity index (χ2v) is 27.0. The number of para-hydroxylation sites is 2. The second kappa shape index (κ2) is 16.2. The van der Waals surface area contributed by atoms with Crippen molar-refractivity contribution in [2.75, 3.05) is 14.7 Å². The summed E-state index contributed by atoms with van der Waals surface area (Å²) in [6.07, 6.45) is 4.69. The van der Waals surface area contributed by atoms with Crippen molar-refractivity contribution in [2.45, 2.75) is 136 Å². The normalized spacial score (nSPS) is 17.6. The fourth-order valence-electron chi connectivity index (χ4n) is 13.9. The Balaban J connectivity index is 1.16. The van der Waals surface area contributed by atoms with Crippen LogP contribution >= 0.6 is 11.3 Å². The van der Waals surface area contributed by atoms with Crippen LogP contribution in [0.5, 0.6) is 0 Å². The molecule has 0 N–H and O–H groups in total. The van der Waals surface area contributed by atoms with Gasteiger partial charge in [-0.3, -0.25) is 0 Å². The fraction of sp³-hybridized carbons (Fsp3) is 0.304. The maximum Gasteiger partial charge on any atom is 0.252 e. The van der Waals surface area contributed by atoms with Gasteiger partial charge in [0.25, 0.3) is 6.71 Å². The van der Waals surface area contributed by atoms with Crippen molar-refractivity contribution in [3.05, 3.63) is 191 Å². The molecule has 9 aromatic rings. The molecule has 0 unspecified atom stereocenters. The Morgan fingerprint density at radius 3 is 1.65 bits per heavy atom. The van der Waals surface area contributed by atoms with E-state index in [1.54, 1.807) is 0 Å². The van der Waals surface area contributed by atoms with Crippen LogP contribution in [0.25, 0.3) is 20.2 Å². The quantitative estimate of drug-likeness (QED) is 0.159. The molecule has 3 heterocycles. The molecule has 0 amide bonds. The van der Waals surface area contributed by atoms with Gasteiger partial charge in [-0.25, -0.2) is 0 Å². The zero-order valence-electron chi connectivity index (χ0n) is 45.7. The van der Waals surface area contributed by atoms with Crippen molar-refractivity contribution in [3.8, 4) is 0 Å². The van der Waals surface area contributed by atoms with Gasteiger partial charge in [0.05, 0.1) is 5.69 Å². The van der Waals surface area contributed by atoms with Crippen LogP contribution in [0, 0.1) is 6.92 Å². The first kappa shape index (κ1) is 47.2. The number of thiophene rings is 1. The number of fused-ring (bicyclic) bond motifs is 9. The van der Waals surface area contributed by atoms with Gasteiger partial charge in [0.2, 0.25) is 0 Å². The Bertz CT molecular complexity index is 3720. The lowest BCUT2D eigenvalue weighted by Gasteiger charge is -2.48.